The van der Waals surface area contributed by atoms with Crippen LogP contribution in [0.15, 0.2) is 15.6 Å². The van der Waals surface area contributed by atoms with Gasteiger partial charge in [-0.2, -0.15) is 0 Å². The summed E-state index contributed by atoms with van der Waals surface area (Å²) in [5.74, 6) is 1.69. The molecule has 0 radical (unpaired) electrons. The lowest BCUT2D eigenvalue weighted by atomic mass is 10.1. The van der Waals surface area contributed by atoms with Crippen molar-refractivity contribution in [1.29, 1.82) is 0 Å². The van der Waals surface area contributed by atoms with Crippen LogP contribution in [0.1, 0.15) is 69.7 Å². The summed E-state index contributed by atoms with van der Waals surface area (Å²) < 4.78 is 10.7. The van der Waals surface area contributed by atoms with Crippen LogP contribution in [0.3, 0.4) is 0 Å². The van der Waals surface area contributed by atoms with E-state index >= 15 is 0 Å². The molecule has 1 aliphatic carbocycles. The molecule has 0 atom stereocenters. The summed E-state index contributed by atoms with van der Waals surface area (Å²) in [6.07, 6.45) is 5.66. The third kappa shape index (κ3) is 7.92. The molecule has 0 spiro atoms. The molecule has 8 heteroatoms. The molecule has 2 rings (SSSR count). The number of ether oxygens (including phenoxy) is 1. The Labute approximate surface area is 172 Å². The smallest absolute Gasteiger partial charge is 0.306 e. The van der Waals surface area contributed by atoms with Crippen molar-refractivity contribution >= 4 is 35.9 Å². The fraction of sp³-hybridized carbons (Fsp3) is 0.722. The molecule has 1 aromatic rings. The number of aromatic nitrogens is 1. The van der Waals surface area contributed by atoms with Gasteiger partial charge in [0, 0.05) is 26.1 Å². The van der Waals surface area contributed by atoms with Crippen molar-refractivity contribution in [3.63, 3.8) is 0 Å². The third-order valence-electron chi connectivity index (χ3n) is 4.27. The van der Waals surface area contributed by atoms with E-state index in [4.69, 9.17) is 9.26 Å². The molecule has 0 amide bonds. The van der Waals surface area contributed by atoms with Crippen molar-refractivity contribution in [2.24, 2.45) is 4.99 Å². The maximum Gasteiger partial charge on any atom is 0.306 e. The zero-order valence-electron chi connectivity index (χ0n) is 15.9. The number of nitrogens with one attached hydrogen (secondary N) is 2. The van der Waals surface area contributed by atoms with Gasteiger partial charge in [-0.15, -0.1) is 24.0 Å². The first-order valence-electron chi connectivity index (χ1n) is 9.18. The molecule has 148 valence electrons. The Morgan fingerprint density at radius 2 is 2.12 bits per heavy atom. The van der Waals surface area contributed by atoms with Gasteiger partial charge in [-0.05, 0) is 38.0 Å². The van der Waals surface area contributed by atoms with Crippen LogP contribution in [0, 0.1) is 0 Å². The fourth-order valence-corrected chi connectivity index (χ4v) is 2.77. The molecular formula is C18H31IN4O3. The number of carbonyl (C=O) groups is 1. The van der Waals surface area contributed by atoms with E-state index < -0.39 is 0 Å². The van der Waals surface area contributed by atoms with E-state index in [1.165, 1.54) is 12.8 Å². The first kappa shape index (κ1) is 22.7. The molecule has 2 N–H and O–H groups in total. The van der Waals surface area contributed by atoms with E-state index in [1.807, 2.05) is 6.07 Å². The van der Waals surface area contributed by atoms with Crippen molar-refractivity contribution in [1.82, 2.24) is 15.8 Å². The minimum Gasteiger partial charge on any atom is -0.462 e. The maximum atomic E-state index is 11.8. The molecule has 1 saturated carbocycles. The minimum atomic E-state index is -0.0977. The van der Waals surface area contributed by atoms with Gasteiger partial charge in [0.1, 0.15) is 6.10 Å². The van der Waals surface area contributed by atoms with Gasteiger partial charge < -0.3 is 19.9 Å². The lowest BCUT2D eigenvalue weighted by Gasteiger charge is -2.12. The molecule has 7 nitrogen and oxygen atoms in total. The summed E-state index contributed by atoms with van der Waals surface area (Å²) in [6, 6.07) is 1.95. The summed E-state index contributed by atoms with van der Waals surface area (Å²) in [6.45, 7) is 5.33. The number of hydrogen-bond acceptors (Lipinski definition) is 5. The Balaban J connectivity index is 0.00000338. The average Bonchev–Trinajstić information content (AvgIpc) is 3.26. The van der Waals surface area contributed by atoms with E-state index in [2.05, 4.69) is 34.6 Å². The van der Waals surface area contributed by atoms with Crippen molar-refractivity contribution < 1.29 is 14.1 Å². The molecular weight excluding hydrogens is 447 g/mol. The maximum absolute atomic E-state index is 11.8. The first-order valence-corrected chi connectivity index (χ1v) is 9.18. The van der Waals surface area contributed by atoms with Gasteiger partial charge in [0.25, 0.3) is 0 Å². The van der Waals surface area contributed by atoms with Crippen LogP contribution in [0.25, 0.3) is 0 Å². The number of carbonyl (C=O) groups excluding carboxylic acids is 1. The zero-order chi connectivity index (χ0) is 18.1. The number of halogens is 1. The number of aliphatic imine (C=N–C) groups is 1. The monoisotopic (exact) mass is 478 g/mol. The van der Waals surface area contributed by atoms with Gasteiger partial charge in [-0.25, -0.2) is 0 Å². The quantitative estimate of drug-likeness (QED) is 0.196. The summed E-state index contributed by atoms with van der Waals surface area (Å²) in [4.78, 5) is 15.9. The van der Waals surface area contributed by atoms with E-state index in [0.29, 0.717) is 37.8 Å². The van der Waals surface area contributed by atoms with Crippen molar-refractivity contribution in [2.75, 3.05) is 13.6 Å². The molecule has 0 bridgehead atoms. The Morgan fingerprint density at radius 3 is 2.73 bits per heavy atom. The second-order valence-electron chi connectivity index (χ2n) is 6.73. The predicted octanol–water partition coefficient (Wildman–Crippen LogP) is 3.35. The predicted molar refractivity (Wildman–Crippen MR) is 112 cm³/mol. The molecule has 0 aliphatic heterocycles. The molecule has 1 aliphatic rings. The van der Waals surface area contributed by atoms with Gasteiger partial charge in [0.15, 0.2) is 11.7 Å². The van der Waals surface area contributed by atoms with Crippen LogP contribution in [0.2, 0.25) is 0 Å². The highest BCUT2D eigenvalue weighted by Gasteiger charge is 2.18. The summed E-state index contributed by atoms with van der Waals surface area (Å²) in [5.41, 5.74) is 0.945. The topological polar surface area (TPSA) is 88.8 Å². The number of nitrogens with zero attached hydrogens (tertiary/aromatic N) is 2. The number of guanidine groups is 1. The highest BCUT2D eigenvalue weighted by atomic mass is 127. The average molecular weight is 478 g/mol. The van der Waals surface area contributed by atoms with Crippen molar-refractivity contribution in [2.45, 2.75) is 70.9 Å². The third-order valence-corrected chi connectivity index (χ3v) is 4.27. The summed E-state index contributed by atoms with van der Waals surface area (Å²) in [5, 5.41) is 10.4. The molecule has 0 unspecified atom stereocenters. The second-order valence-corrected chi connectivity index (χ2v) is 6.73. The van der Waals surface area contributed by atoms with Gasteiger partial charge in [0.2, 0.25) is 0 Å². The Bertz CT molecular complexity index is 569. The van der Waals surface area contributed by atoms with Crippen molar-refractivity contribution in [3.05, 3.63) is 17.5 Å². The van der Waals surface area contributed by atoms with Gasteiger partial charge in [0.05, 0.1) is 12.2 Å². The van der Waals surface area contributed by atoms with Crippen LogP contribution in [-0.2, 0) is 16.1 Å². The number of rotatable bonds is 8. The SMILES string of the molecule is CN=C(NCCCC(=O)OC1CCCC1)NCc1cc(C(C)C)no1.I. The summed E-state index contributed by atoms with van der Waals surface area (Å²) >= 11 is 0. The normalized spacial score (nSPS) is 15.0. The lowest BCUT2D eigenvalue weighted by molar-refractivity contribution is -0.148. The highest BCUT2D eigenvalue weighted by molar-refractivity contribution is 14.0. The number of esters is 1. The molecule has 0 aromatic carbocycles. The fourth-order valence-electron chi connectivity index (χ4n) is 2.77. The number of hydrogen-bond donors (Lipinski definition) is 2. The Kier molecular flexibility index (Phi) is 10.6. The molecule has 1 aromatic heterocycles. The van der Waals surface area contributed by atoms with Crippen LogP contribution >= 0.6 is 24.0 Å². The Hall–Kier alpha value is -1.32. The van der Waals surface area contributed by atoms with E-state index in [0.717, 1.165) is 24.3 Å². The lowest BCUT2D eigenvalue weighted by Crippen LogP contribution is -2.37. The van der Waals surface area contributed by atoms with Gasteiger partial charge in [-0.3, -0.25) is 9.79 Å². The first-order chi connectivity index (χ1) is 12.1. The van der Waals surface area contributed by atoms with Crippen LogP contribution < -0.4 is 10.6 Å². The van der Waals surface area contributed by atoms with E-state index in [1.54, 1.807) is 7.05 Å². The van der Waals surface area contributed by atoms with Crippen LogP contribution in [0.5, 0.6) is 0 Å². The second kappa shape index (κ2) is 12.1. The Morgan fingerprint density at radius 1 is 1.38 bits per heavy atom. The van der Waals surface area contributed by atoms with Gasteiger partial charge >= 0.3 is 5.97 Å². The molecule has 1 heterocycles. The van der Waals surface area contributed by atoms with E-state index in [9.17, 15) is 4.79 Å². The standard InChI is InChI=1S/C18H30N4O3.HI/c1-13(2)16-11-15(25-22-16)12-21-18(19-3)20-10-6-9-17(23)24-14-7-4-5-8-14;/h11,13-14H,4-10,12H2,1-3H3,(H2,19,20,21);1H. The minimum absolute atomic E-state index is 0. The summed E-state index contributed by atoms with van der Waals surface area (Å²) in [7, 11) is 1.71. The van der Waals surface area contributed by atoms with Gasteiger partial charge in [-0.1, -0.05) is 19.0 Å². The zero-order valence-corrected chi connectivity index (χ0v) is 18.2. The molecule has 26 heavy (non-hydrogen) atoms. The van der Waals surface area contributed by atoms with Crippen LogP contribution in [-0.4, -0.2) is 36.8 Å². The van der Waals surface area contributed by atoms with Crippen LogP contribution in [0.4, 0.5) is 0 Å². The van der Waals surface area contributed by atoms with E-state index in [-0.39, 0.29) is 36.0 Å². The molecule has 1 fully saturated rings. The molecule has 0 saturated heterocycles. The highest BCUT2D eigenvalue weighted by Crippen LogP contribution is 2.21. The largest absolute Gasteiger partial charge is 0.462 e. The van der Waals surface area contributed by atoms with Crippen molar-refractivity contribution in [3.8, 4) is 0 Å².